The molecule has 0 aliphatic carbocycles. The number of aryl methyl sites for hydroxylation is 1. The van der Waals surface area contributed by atoms with Crippen LogP contribution in [0.5, 0.6) is 0 Å². The third kappa shape index (κ3) is 3.92. The topological polar surface area (TPSA) is 50.2 Å². The Balaban J connectivity index is 1.98. The number of nitrogens with one attached hydrogen (secondary N) is 1. The highest BCUT2D eigenvalue weighted by molar-refractivity contribution is 5.75. The minimum Gasteiger partial charge on any atom is -0.349 e. The van der Waals surface area contributed by atoms with Gasteiger partial charge in [-0.25, -0.2) is 4.98 Å². The van der Waals surface area contributed by atoms with E-state index in [0.29, 0.717) is 19.5 Å². The molecule has 1 N–H and O–H groups in total. The predicted molar refractivity (Wildman–Crippen MR) is 83.3 cm³/mol. The van der Waals surface area contributed by atoms with Crippen molar-refractivity contribution in [1.29, 1.82) is 0 Å². The number of carbonyl (C=O) groups is 1. The molecule has 5 heteroatoms. The molecule has 5 nitrogen and oxygen atoms in total. The molecule has 0 unspecified atom stereocenters. The van der Waals surface area contributed by atoms with E-state index in [1.165, 1.54) is 0 Å². The van der Waals surface area contributed by atoms with Crippen molar-refractivity contribution in [2.75, 3.05) is 20.6 Å². The van der Waals surface area contributed by atoms with E-state index in [1.807, 2.05) is 31.3 Å². The van der Waals surface area contributed by atoms with Crippen LogP contribution < -0.4 is 5.32 Å². The molecule has 0 radical (unpaired) electrons. The van der Waals surface area contributed by atoms with E-state index >= 15 is 0 Å². The van der Waals surface area contributed by atoms with E-state index in [0.717, 1.165) is 17.2 Å². The molecule has 0 atom stereocenters. The SMILES string of the molecule is Cc1ncc(CNCCC(=O)N(C)C)n1-c1ccccc1. The number of benzene rings is 1. The minimum absolute atomic E-state index is 0.134. The van der Waals surface area contributed by atoms with Gasteiger partial charge in [-0.2, -0.15) is 0 Å². The van der Waals surface area contributed by atoms with Crippen molar-refractivity contribution < 1.29 is 4.79 Å². The fourth-order valence-corrected chi connectivity index (χ4v) is 2.18. The Bertz CT molecular complexity index is 590. The highest BCUT2D eigenvalue weighted by atomic mass is 16.2. The van der Waals surface area contributed by atoms with Crippen molar-refractivity contribution in [3.63, 3.8) is 0 Å². The number of aromatic nitrogens is 2. The van der Waals surface area contributed by atoms with E-state index in [2.05, 4.69) is 27.0 Å². The molecule has 0 fully saturated rings. The molecule has 0 bridgehead atoms. The van der Waals surface area contributed by atoms with Crippen LogP contribution in [-0.2, 0) is 11.3 Å². The summed E-state index contributed by atoms with van der Waals surface area (Å²) < 4.78 is 2.13. The smallest absolute Gasteiger partial charge is 0.223 e. The maximum atomic E-state index is 11.5. The molecule has 0 saturated heterocycles. The van der Waals surface area contributed by atoms with Crippen molar-refractivity contribution in [3.05, 3.63) is 48.0 Å². The summed E-state index contributed by atoms with van der Waals surface area (Å²) in [5.41, 5.74) is 2.20. The first kappa shape index (κ1) is 15.3. The Morgan fingerprint density at radius 1 is 1.29 bits per heavy atom. The third-order valence-corrected chi connectivity index (χ3v) is 3.35. The average Bonchev–Trinajstić information content (AvgIpc) is 2.85. The monoisotopic (exact) mass is 286 g/mol. The number of para-hydroxylation sites is 1. The maximum Gasteiger partial charge on any atom is 0.223 e. The quantitative estimate of drug-likeness (QED) is 0.823. The van der Waals surface area contributed by atoms with Crippen LogP contribution in [0.4, 0.5) is 0 Å². The molecule has 0 saturated carbocycles. The molecule has 2 aromatic rings. The first-order chi connectivity index (χ1) is 10.1. The van der Waals surface area contributed by atoms with Crippen LogP contribution in [0.2, 0.25) is 0 Å². The molecule has 0 aliphatic heterocycles. The molecule has 0 spiro atoms. The molecule has 21 heavy (non-hydrogen) atoms. The van der Waals surface area contributed by atoms with Crippen LogP contribution in [0.25, 0.3) is 5.69 Å². The molecule has 112 valence electrons. The van der Waals surface area contributed by atoms with Crippen molar-refractivity contribution in [2.24, 2.45) is 0 Å². The first-order valence-corrected chi connectivity index (χ1v) is 7.09. The van der Waals surface area contributed by atoms with Gasteiger partial charge in [0.05, 0.1) is 11.9 Å². The predicted octanol–water partition coefficient (Wildman–Crippen LogP) is 1.75. The Morgan fingerprint density at radius 3 is 2.67 bits per heavy atom. The van der Waals surface area contributed by atoms with Crippen LogP contribution in [0.3, 0.4) is 0 Å². The summed E-state index contributed by atoms with van der Waals surface area (Å²) in [4.78, 5) is 17.5. The fraction of sp³-hybridized carbons (Fsp3) is 0.375. The molecule has 2 rings (SSSR count). The van der Waals surface area contributed by atoms with Gasteiger partial charge in [0, 0.05) is 39.3 Å². The van der Waals surface area contributed by atoms with Gasteiger partial charge in [0.1, 0.15) is 5.82 Å². The average molecular weight is 286 g/mol. The van der Waals surface area contributed by atoms with Gasteiger partial charge < -0.3 is 10.2 Å². The molecule has 1 aromatic heterocycles. The highest BCUT2D eigenvalue weighted by Gasteiger charge is 2.08. The van der Waals surface area contributed by atoms with Crippen LogP contribution in [0, 0.1) is 6.92 Å². The maximum absolute atomic E-state index is 11.5. The lowest BCUT2D eigenvalue weighted by Crippen LogP contribution is -2.26. The summed E-state index contributed by atoms with van der Waals surface area (Å²) in [5.74, 6) is 1.10. The standard InChI is InChI=1S/C16H22N4O/c1-13-18-12-15(11-17-10-9-16(21)19(2)3)20(13)14-7-5-4-6-8-14/h4-8,12,17H,9-11H2,1-3H3. The number of rotatable bonds is 6. The number of amides is 1. The van der Waals surface area contributed by atoms with E-state index in [-0.39, 0.29) is 5.91 Å². The van der Waals surface area contributed by atoms with E-state index in [1.54, 1.807) is 19.0 Å². The van der Waals surface area contributed by atoms with E-state index in [9.17, 15) is 4.79 Å². The van der Waals surface area contributed by atoms with Gasteiger partial charge in [-0.3, -0.25) is 9.36 Å². The van der Waals surface area contributed by atoms with Crippen LogP contribution >= 0.6 is 0 Å². The second-order valence-corrected chi connectivity index (χ2v) is 5.18. The zero-order valence-corrected chi connectivity index (χ0v) is 12.8. The van der Waals surface area contributed by atoms with E-state index in [4.69, 9.17) is 0 Å². The second-order valence-electron chi connectivity index (χ2n) is 5.18. The zero-order chi connectivity index (χ0) is 15.2. The van der Waals surface area contributed by atoms with Crippen LogP contribution in [-0.4, -0.2) is 41.0 Å². The van der Waals surface area contributed by atoms with Gasteiger partial charge >= 0.3 is 0 Å². The molecular weight excluding hydrogens is 264 g/mol. The lowest BCUT2D eigenvalue weighted by Gasteiger charge is -2.12. The molecular formula is C16H22N4O. The number of hydrogen-bond acceptors (Lipinski definition) is 3. The minimum atomic E-state index is 0.134. The Labute approximate surface area is 125 Å². The van der Waals surface area contributed by atoms with Gasteiger partial charge in [0.2, 0.25) is 5.91 Å². The lowest BCUT2D eigenvalue weighted by molar-refractivity contribution is -0.128. The molecule has 0 aliphatic rings. The van der Waals surface area contributed by atoms with Gasteiger partial charge in [-0.1, -0.05) is 18.2 Å². The van der Waals surface area contributed by atoms with Gasteiger partial charge in [0.25, 0.3) is 0 Å². The number of nitrogens with zero attached hydrogens (tertiary/aromatic N) is 3. The third-order valence-electron chi connectivity index (χ3n) is 3.35. The van der Waals surface area contributed by atoms with Gasteiger partial charge in [-0.15, -0.1) is 0 Å². The van der Waals surface area contributed by atoms with Crippen molar-refractivity contribution >= 4 is 5.91 Å². The normalized spacial score (nSPS) is 10.6. The number of imidazole rings is 1. The summed E-state index contributed by atoms with van der Waals surface area (Å²) in [6.45, 7) is 3.35. The lowest BCUT2D eigenvalue weighted by atomic mass is 10.3. The van der Waals surface area contributed by atoms with Crippen molar-refractivity contribution in [1.82, 2.24) is 19.8 Å². The summed E-state index contributed by atoms with van der Waals surface area (Å²) in [7, 11) is 3.55. The molecule has 1 amide bonds. The Morgan fingerprint density at radius 2 is 2.00 bits per heavy atom. The summed E-state index contributed by atoms with van der Waals surface area (Å²) in [5, 5.41) is 3.30. The molecule has 1 aromatic carbocycles. The largest absolute Gasteiger partial charge is 0.349 e. The number of hydrogen-bond donors (Lipinski definition) is 1. The zero-order valence-electron chi connectivity index (χ0n) is 12.8. The highest BCUT2D eigenvalue weighted by Crippen LogP contribution is 2.14. The van der Waals surface area contributed by atoms with Gasteiger partial charge in [0.15, 0.2) is 0 Å². The second kappa shape index (κ2) is 7.04. The summed E-state index contributed by atoms with van der Waals surface area (Å²) in [6, 6.07) is 10.2. The van der Waals surface area contributed by atoms with Crippen LogP contribution in [0.15, 0.2) is 36.5 Å². The fourth-order valence-electron chi connectivity index (χ4n) is 2.18. The van der Waals surface area contributed by atoms with Crippen molar-refractivity contribution in [2.45, 2.75) is 19.9 Å². The Kier molecular flexibility index (Phi) is 5.11. The first-order valence-electron chi connectivity index (χ1n) is 7.09. The summed E-state index contributed by atoms with van der Waals surface area (Å²) >= 11 is 0. The summed E-state index contributed by atoms with van der Waals surface area (Å²) in [6.07, 6.45) is 2.38. The van der Waals surface area contributed by atoms with Crippen LogP contribution in [0.1, 0.15) is 17.9 Å². The van der Waals surface area contributed by atoms with E-state index < -0.39 is 0 Å². The van der Waals surface area contributed by atoms with Crippen molar-refractivity contribution in [3.8, 4) is 5.69 Å². The Hall–Kier alpha value is -2.14. The van der Waals surface area contributed by atoms with Gasteiger partial charge in [-0.05, 0) is 19.1 Å². The number of carbonyl (C=O) groups excluding carboxylic acids is 1. The molecule has 1 heterocycles.